The zero-order valence-corrected chi connectivity index (χ0v) is 21.8. The second kappa shape index (κ2) is 12.3. The number of carbonyl (C=O) groups is 2. The number of rotatable bonds is 10. The number of carbonyl (C=O) groups excluding carboxylic acids is 2. The monoisotopic (exact) mass is 516 g/mol. The molecular formula is C28H40N2O7. The molecule has 1 aliphatic heterocycles. The van der Waals surface area contributed by atoms with E-state index < -0.39 is 24.2 Å². The Morgan fingerprint density at radius 1 is 1.19 bits per heavy atom. The molecule has 0 spiro atoms. The maximum Gasteiger partial charge on any atom is 0.247 e. The number of hydrogen-bond acceptors (Lipinski definition) is 7. The summed E-state index contributed by atoms with van der Waals surface area (Å²) in [6.07, 6.45) is 6.43. The van der Waals surface area contributed by atoms with Crippen molar-refractivity contribution in [3.63, 3.8) is 0 Å². The number of hydrogen-bond donors (Lipinski definition) is 4. The van der Waals surface area contributed by atoms with Crippen molar-refractivity contribution in [1.82, 2.24) is 10.2 Å². The first kappa shape index (κ1) is 27.4. The summed E-state index contributed by atoms with van der Waals surface area (Å²) in [7, 11) is 1.50. The number of aliphatic hydroxyl groups is 3. The minimum Gasteiger partial charge on any atom is -0.493 e. The number of methoxy groups -OCH3 is 1. The molecule has 0 saturated heterocycles. The lowest BCUT2D eigenvalue weighted by Crippen LogP contribution is -2.56. The molecule has 1 heterocycles. The first-order chi connectivity index (χ1) is 17.9. The quantitative estimate of drug-likeness (QED) is 0.375. The van der Waals surface area contributed by atoms with E-state index in [0.29, 0.717) is 53.5 Å². The minimum absolute atomic E-state index is 0.0439. The molecule has 1 fully saturated rings. The van der Waals surface area contributed by atoms with Gasteiger partial charge in [-0.1, -0.05) is 26.2 Å². The van der Waals surface area contributed by atoms with Gasteiger partial charge in [0.1, 0.15) is 12.2 Å². The summed E-state index contributed by atoms with van der Waals surface area (Å²) >= 11 is 0. The number of ether oxygens (including phenoxy) is 2. The highest BCUT2D eigenvalue weighted by atomic mass is 16.5. The molecule has 1 aromatic rings. The van der Waals surface area contributed by atoms with Gasteiger partial charge in [-0.15, -0.1) is 0 Å². The highest BCUT2D eigenvalue weighted by Gasteiger charge is 2.51. The van der Waals surface area contributed by atoms with Crippen LogP contribution in [0.15, 0.2) is 23.8 Å². The first-order valence-electron chi connectivity index (χ1n) is 13.5. The van der Waals surface area contributed by atoms with Crippen molar-refractivity contribution < 1.29 is 34.4 Å². The molecule has 4 atom stereocenters. The van der Waals surface area contributed by atoms with Crippen molar-refractivity contribution in [2.45, 2.75) is 82.6 Å². The van der Waals surface area contributed by atoms with Gasteiger partial charge >= 0.3 is 0 Å². The molecule has 0 bridgehead atoms. The largest absolute Gasteiger partial charge is 0.493 e. The van der Waals surface area contributed by atoms with Gasteiger partial charge in [0.05, 0.1) is 32.3 Å². The van der Waals surface area contributed by atoms with E-state index in [0.717, 1.165) is 25.7 Å². The Kier molecular flexibility index (Phi) is 9.10. The number of benzene rings is 1. The lowest BCUT2D eigenvalue weighted by Gasteiger charge is -2.42. The topological polar surface area (TPSA) is 129 Å². The van der Waals surface area contributed by atoms with Crippen LogP contribution >= 0.6 is 0 Å². The lowest BCUT2D eigenvalue weighted by atomic mass is 9.76. The molecule has 4 N–H and O–H groups in total. The molecule has 37 heavy (non-hydrogen) atoms. The average Bonchev–Trinajstić information content (AvgIpc) is 3.31. The standard InChI is InChI=1S/C28H40N2O7/c1-3-7-23(33)30(15-17-8-5-4-6-9-17)21-14-20(28(35)29-10-11-31)24-19-12-18(16-32)13-22(36-2)26(19)37-27(24)25(21)34/h12-14,17,21,24-25,27,31-32,34H,3-11,15-16H2,1-2H3,(H,29,35). The van der Waals surface area contributed by atoms with Gasteiger partial charge in [-0.2, -0.15) is 0 Å². The Morgan fingerprint density at radius 3 is 2.59 bits per heavy atom. The molecule has 1 aromatic carbocycles. The molecular weight excluding hydrogens is 476 g/mol. The van der Waals surface area contributed by atoms with Gasteiger partial charge in [-0.05, 0) is 49.0 Å². The SMILES string of the molecule is CCCC(=O)N(CC1CCCCC1)C1C=C(C(=O)NCCO)C2c3cc(CO)cc(OC)c3OC2C1O. The summed E-state index contributed by atoms with van der Waals surface area (Å²) in [6, 6.07) is 2.72. The van der Waals surface area contributed by atoms with Crippen LogP contribution in [0.2, 0.25) is 0 Å². The summed E-state index contributed by atoms with van der Waals surface area (Å²) in [5, 5.41) is 33.5. The van der Waals surface area contributed by atoms with Crippen LogP contribution in [0.4, 0.5) is 0 Å². The van der Waals surface area contributed by atoms with Gasteiger partial charge < -0.3 is 35.0 Å². The molecule has 1 saturated carbocycles. The average molecular weight is 517 g/mol. The van der Waals surface area contributed by atoms with Crippen LogP contribution in [-0.4, -0.2) is 77.1 Å². The molecule has 4 rings (SSSR count). The van der Waals surface area contributed by atoms with Crippen molar-refractivity contribution in [1.29, 1.82) is 0 Å². The third-order valence-electron chi connectivity index (χ3n) is 7.82. The number of nitrogens with zero attached hydrogens (tertiary/aromatic N) is 1. The van der Waals surface area contributed by atoms with Crippen LogP contribution in [0.1, 0.15) is 68.9 Å². The predicted molar refractivity (Wildman–Crippen MR) is 137 cm³/mol. The molecule has 4 unspecified atom stereocenters. The van der Waals surface area contributed by atoms with E-state index in [1.165, 1.54) is 13.5 Å². The Morgan fingerprint density at radius 2 is 1.95 bits per heavy atom. The van der Waals surface area contributed by atoms with Gasteiger partial charge in [-0.3, -0.25) is 9.59 Å². The molecule has 9 nitrogen and oxygen atoms in total. The Balaban J connectivity index is 1.77. The molecule has 0 aromatic heterocycles. The predicted octanol–water partition coefficient (Wildman–Crippen LogP) is 2.02. The summed E-state index contributed by atoms with van der Waals surface area (Å²) in [6.45, 7) is 2.13. The summed E-state index contributed by atoms with van der Waals surface area (Å²) in [4.78, 5) is 28.5. The first-order valence-corrected chi connectivity index (χ1v) is 13.5. The number of fused-ring (bicyclic) bond motifs is 3. The smallest absolute Gasteiger partial charge is 0.247 e. The van der Waals surface area contributed by atoms with Crippen LogP contribution in [0.3, 0.4) is 0 Å². The van der Waals surface area contributed by atoms with Gasteiger partial charge in [0.25, 0.3) is 0 Å². The Bertz CT molecular complexity index is 1000. The highest BCUT2D eigenvalue weighted by molar-refractivity contribution is 5.96. The summed E-state index contributed by atoms with van der Waals surface area (Å²) < 4.78 is 11.8. The fourth-order valence-electron chi connectivity index (χ4n) is 6.01. The molecule has 9 heteroatoms. The van der Waals surface area contributed by atoms with Crippen LogP contribution in [-0.2, 0) is 16.2 Å². The van der Waals surface area contributed by atoms with E-state index in [1.54, 1.807) is 23.1 Å². The number of aliphatic hydroxyl groups excluding tert-OH is 3. The third-order valence-corrected chi connectivity index (χ3v) is 7.82. The zero-order chi connectivity index (χ0) is 26.5. The normalized spacial score (nSPS) is 24.9. The summed E-state index contributed by atoms with van der Waals surface area (Å²) in [5.41, 5.74) is 1.63. The van der Waals surface area contributed by atoms with Crippen molar-refractivity contribution in [2.75, 3.05) is 26.8 Å². The minimum atomic E-state index is -1.07. The Hall–Kier alpha value is -2.62. The molecule has 204 valence electrons. The summed E-state index contributed by atoms with van der Waals surface area (Å²) in [5.74, 6) is 0.153. The van der Waals surface area contributed by atoms with Crippen molar-refractivity contribution in [3.8, 4) is 11.5 Å². The maximum atomic E-state index is 13.4. The lowest BCUT2D eigenvalue weighted by molar-refractivity contribution is -0.138. The fourth-order valence-corrected chi connectivity index (χ4v) is 6.01. The van der Waals surface area contributed by atoms with E-state index in [4.69, 9.17) is 9.47 Å². The van der Waals surface area contributed by atoms with Crippen LogP contribution in [0.5, 0.6) is 11.5 Å². The van der Waals surface area contributed by atoms with E-state index in [2.05, 4.69) is 5.32 Å². The van der Waals surface area contributed by atoms with Crippen LogP contribution < -0.4 is 14.8 Å². The maximum absolute atomic E-state index is 13.4. The second-order valence-electron chi connectivity index (χ2n) is 10.3. The zero-order valence-electron chi connectivity index (χ0n) is 21.8. The molecule has 0 radical (unpaired) electrons. The van der Waals surface area contributed by atoms with Gasteiger partial charge in [0.2, 0.25) is 11.8 Å². The van der Waals surface area contributed by atoms with Gasteiger partial charge in [0.15, 0.2) is 11.5 Å². The Labute approximate surface area is 218 Å². The number of amides is 2. The highest BCUT2D eigenvalue weighted by Crippen LogP contribution is 2.51. The van der Waals surface area contributed by atoms with Crippen LogP contribution in [0, 0.1) is 5.92 Å². The van der Waals surface area contributed by atoms with Gasteiger partial charge in [-0.25, -0.2) is 0 Å². The van der Waals surface area contributed by atoms with Crippen molar-refractivity contribution in [3.05, 3.63) is 34.9 Å². The molecule has 3 aliphatic rings. The second-order valence-corrected chi connectivity index (χ2v) is 10.3. The van der Waals surface area contributed by atoms with E-state index in [-0.39, 0.29) is 31.6 Å². The van der Waals surface area contributed by atoms with Crippen molar-refractivity contribution >= 4 is 11.8 Å². The van der Waals surface area contributed by atoms with E-state index >= 15 is 0 Å². The fraction of sp³-hybridized carbons (Fsp3) is 0.643. The third kappa shape index (κ3) is 5.63. The van der Waals surface area contributed by atoms with Crippen molar-refractivity contribution in [2.24, 2.45) is 5.92 Å². The number of nitrogens with one attached hydrogen (secondary N) is 1. The van der Waals surface area contributed by atoms with Crippen LogP contribution in [0.25, 0.3) is 0 Å². The van der Waals surface area contributed by atoms with E-state index in [1.807, 2.05) is 6.92 Å². The molecule has 2 aliphatic carbocycles. The van der Waals surface area contributed by atoms with E-state index in [9.17, 15) is 24.9 Å². The molecule has 2 amide bonds. The van der Waals surface area contributed by atoms with Gasteiger partial charge in [0, 0.05) is 30.6 Å².